The Labute approximate surface area is 323 Å². The average molecular weight is 773 g/mol. The van der Waals surface area contributed by atoms with Gasteiger partial charge in [-0.3, -0.25) is 28.8 Å². The normalized spacial score (nSPS) is 19.2. The van der Waals surface area contributed by atoms with Gasteiger partial charge in [-0.25, -0.2) is 4.79 Å². The number of hydrogen-bond acceptors (Lipinski definition) is 9. The summed E-state index contributed by atoms with van der Waals surface area (Å²) in [5.41, 5.74) is 0.535. The van der Waals surface area contributed by atoms with Gasteiger partial charge < -0.3 is 36.2 Å². The number of likely N-dealkylation sites (tertiary alicyclic amines) is 1. The third-order valence-corrected chi connectivity index (χ3v) is 10.7. The molecular formula is C39H60N6O8S. The standard InChI is InChI=1S/C39H60N6O8S/c1-8-15-28(33(47)36(50)41-21-30(46)43-31(35(49)40-7)25-16-11-9-12-17-25)42-34(48)29-20-27(54-39(4,5)6)22-45(29)37(51)32(26-18-13-10-14-19-26)44-38(52)53-23-24(2)3/h9,11-12,16-17,24,26-29,31-32H,8,10,13-15,18-23H2,1-7H3,(H,40,49)(H,41,50)(H,42,48)(H,43,46)(H,44,52)/t27-,28?,29?,31?,32+/m1/s1. The van der Waals surface area contributed by atoms with Crippen LogP contribution in [-0.2, 0) is 33.5 Å². The molecule has 0 aromatic heterocycles. The molecule has 0 radical (unpaired) electrons. The number of nitrogens with one attached hydrogen (secondary N) is 5. The molecule has 3 rings (SSSR count). The first kappa shape index (κ1) is 44.3. The van der Waals surface area contributed by atoms with E-state index < -0.39 is 66.2 Å². The molecule has 1 saturated heterocycles. The summed E-state index contributed by atoms with van der Waals surface area (Å²) < 4.78 is 5.23. The second-order valence-electron chi connectivity index (χ2n) is 15.5. The summed E-state index contributed by atoms with van der Waals surface area (Å²) >= 11 is 1.65. The van der Waals surface area contributed by atoms with Crippen LogP contribution in [0, 0.1) is 11.8 Å². The van der Waals surface area contributed by atoms with E-state index in [2.05, 4.69) is 47.4 Å². The van der Waals surface area contributed by atoms with Crippen molar-refractivity contribution in [3.8, 4) is 0 Å². The summed E-state index contributed by atoms with van der Waals surface area (Å²) in [6.07, 6.45) is 4.65. The molecular weight excluding hydrogens is 713 g/mol. The van der Waals surface area contributed by atoms with Crippen molar-refractivity contribution in [3.05, 3.63) is 35.9 Å². The smallest absolute Gasteiger partial charge is 0.407 e. The number of benzene rings is 1. The van der Waals surface area contributed by atoms with E-state index in [9.17, 15) is 33.6 Å². The van der Waals surface area contributed by atoms with Gasteiger partial charge in [0, 0.05) is 23.6 Å². The summed E-state index contributed by atoms with van der Waals surface area (Å²) in [5.74, 6) is -4.10. The minimum Gasteiger partial charge on any atom is -0.449 e. The van der Waals surface area contributed by atoms with Crippen molar-refractivity contribution in [3.63, 3.8) is 0 Å². The Morgan fingerprint density at radius 1 is 0.944 bits per heavy atom. The Balaban J connectivity index is 1.76. The van der Waals surface area contributed by atoms with Crippen LogP contribution in [0.25, 0.3) is 0 Å². The molecule has 1 heterocycles. The van der Waals surface area contributed by atoms with E-state index in [1.54, 1.807) is 49.0 Å². The van der Waals surface area contributed by atoms with Crippen molar-refractivity contribution in [2.24, 2.45) is 11.8 Å². The van der Waals surface area contributed by atoms with Crippen LogP contribution in [-0.4, -0.2) is 101 Å². The molecule has 5 N–H and O–H groups in total. The van der Waals surface area contributed by atoms with Gasteiger partial charge in [0.05, 0.1) is 19.2 Å². The molecule has 1 aliphatic heterocycles. The Hall–Kier alpha value is -4.14. The number of Topliss-reactive ketones (excluding diaryl/α,β-unsaturated/α-hetero) is 1. The highest BCUT2D eigenvalue weighted by atomic mass is 32.2. The molecule has 5 atom stereocenters. The second kappa shape index (κ2) is 21.1. The fourth-order valence-corrected chi connectivity index (χ4v) is 8.36. The number of carbonyl (C=O) groups excluding carboxylic acids is 7. The Morgan fingerprint density at radius 3 is 2.20 bits per heavy atom. The zero-order valence-electron chi connectivity index (χ0n) is 32.8. The van der Waals surface area contributed by atoms with Gasteiger partial charge >= 0.3 is 6.09 Å². The third kappa shape index (κ3) is 13.6. The van der Waals surface area contributed by atoms with Crippen molar-refractivity contribution in [1.82, 2.24) is 31.5 Å². The van der Waals surface area contributed by atoms with Crippen LogP contribution < -0.4 is 26.6 Å². The molecule has 0 spiro atoms. The summed E-state index contributed by atoms with van der Waals surface area (Å²) in [5, 5.41) is 12.9. The number of ketones is 1. The molecule has 54 heavy (non-hydrogen) atoms. The zero-order chi connectivity index (χ0) is 40.0. The van der Waals surface area contributed by atoms with E-state index in [0.29, 0.717) is 18.4 Å². The maximum absolute atomic E-state index is 14.4. The van der Waals surface area contributed by atoms with Crippen LogP contribution in [0.2, 0.25) is 0 Å². The first-order valence-corrected chi connectivity index (χ1v) is 20.0. The van der Waals surface area contributed by atoms with Gasteiger partial charge in [-0.05, 0) is 43.1 Å². The fraction of sp³-hybridized carbons (Fsp3) is 0.667. The van der Waals surface area contributed by atoms with E-state index in [4.69, 9.17) is 4.74 Å². The number of rotatable bonds is 17. The van der Waals surface area contributed by atoms with E-state index in [-0.39, 0.29) is 47.3 Å². The lowest BCUT2D eigenvalue weighted by Gasteiger charge is -2.34. The first-order valence-electron chi connectivity index (χ1n) is 19.1. The van der Waals surface area contributed by atoms with Crippen LogP contribution in [0.15, 0.2) is 30.3 Å². The van der Waals surface area contributed by atoms with Gasteiger partial charge in [0.2, 0.25) is 29.4 Å². The molecule has 14 nitrogen and oxygen atoms in total. The fourth-order valence-electron chi connectivity index (χ4n) is 6.85. The lowest BCUT2D eigenvalue weighted by atomic mass is 9.83. The van der Waals surface area contributed by atoms with Crippen LogP contribution in [0.4, 0.5) is 4.79 Å². The van der Waals surface area contributed by atoms with Gasteiger partial charge in [0.15, 0.2) is 0 Å². The molecule has 1 aromatic rings. The van der Waals surface area contributed by atoms with Gasteiger partial charge in [-0.15, -0.1) is 0 Å². The Kier molecular flexibility index (Phi) is 17.3. The highest BCUT2D eigenvalue weighted by Gasteiger charge is 2.46. The third-order valence-electron chi connectivity index (χ3n) is 9.37. The topological polar surface area (TPSA) is 192 Å². The maximum atomic E-state index is 14.4. The van der Waals surface area contributed by atoms with Crippen LogP contribution in [0.3, 0.4) is 0 Å². The molecule has 1 aliphatic carbocycles. The lowest BCUT2D eigenvalue weighted by molar-refractivity contribution is -0.143. The predicted octanol–water partition coefficient (Wildman–Crippen LogP) is 3.39. The largest absolute Gasteiger partial charge is 0.449 e. The molecule has 15 heteroatoms. The number of amides is 6. The van der Waals surface area contributed by atoms with Gasteiger partial charge in [0.25, 0.3) is 5.91 Å². The summed E-state index contributed by atoms with van der Waals surface area (Å²) in [4.78, 5) is 94.7. The quantitative estimate of drug-likeness (QED) is 0.148. The number of nitrogens with zero attached hydrogens (tertiary/aromatic N) is 1. The van der Waals surface area contributed by atoms with Crippen LogP contribution >= 0.6 is 11.8 Å². The molecule has 3 unspecified atom stereocenters. The molecule has 1 saturated carbocycles. The molecule has 2 aliphatic rings. The van der Waals surface area contributed by atoms with Gasteiger partial charge in [-0.2, -0.15) is 11.8 Å². The van der Waals surface area contributed by atoms with Crippen molar-refractivity contribution in [1.29, 1.82) is 0 Å². The maximum Gasteiger partial charge on any atom is 0.407 e. The summed E-state index contributed by atoms with van der Waals surface area (Å²) in [6, 6.07) is 4.52. The van der Waals surface area contributed by atoms with Crippen molar-refractivity contribution in [2.75, 3.05) is 26.7 Å². The van der Waals surface area contributed by atoms with Crippen LogP contribution in [0.1, 0.15) is 105 Å². The number of likely N-dealkylation sites (N-methyl/N-ethyl adjacent to an activating group) is 1. The Bertz CT molecular complexity index is 1460. The second-order valence-corrected chi connectivity index (χ2v) is 17.7. The zero-order valence-corrected chi connectivity index (χ0v) is 33.6. The van der Waals surface area contributed by atoms with E-state index in [1.807, 2.05) is 13.8 Å². The highest BCUT2D eigenvalue weighted by molar-refractivity contribution is 8.01. The average Bonchev–Trinajstić information content (AvgIpc) is 3.56. The predicted molar refractivity (Wildman–Crippen MR) is 207 cm³/mol. The summed E-state index contributed by atoms with van der Waals surface area (Å²) in [6.45, 7) is 11.7. The van der Waals surface area contributed by atoms with Crippen LogP contribution in [0.5, 0.6) is 0 Å². The minimum atomic E-state index is -1.21. The van der Waals surface area contributed by atoms with Crippen molar-refractivity contribution in [2.45, 2.75) is 127 Å². The number of ether oxygens (including phenoxy) is 1. The number of alkyl carbamates (subject to hydrolysis) is 1. The number of hydrogen-bond donors (Lipinski definition) is 5. The van der Waals surface area contributed by atoms with Crippen molar-refractivity contribution >= 4 is 53.2 Å². The molecule has 2 fully saturated rings. The van der Waals surface area contributed by atoms with E-state index in [1.165, 1.54) is 11.9 Å². The monoisotopic (exact) mass is 772 g/mol. The molecule has 0 bridgehead atoms. The lowest BCUT2D eigenvalue weighted by Crippen LogP contribution is -2.58. The van der Waals surface area contributed by atoms with E-state index in [0.717, 1.165) is 32.1 Å². The van der Waals surface area contributed by atoms with Gasteiger partial charge in [0.1, 0.15) is 18.1 Å². The number of carbonyl (C=O) groups is 7. The Morgan fingerprint density at radius 2 is 1.61 bits per heavy atom. The van der Waals surface area contributed by atoms with Crippen molar-refractivity contribution < 1.29 is 38.3 Å². The molecule has 1 aromatic carbocycles. The first-order chi connectivity index (χ1) is 25.5. The number of thioether (sulfide) groups is 1. The highest BCUT2D eigenvalue weighted by Crippen LogP contribution is 2.37. The SMILES string of the molecule is CCCC(NC(=O)C1C[C@@H](SC(C)(C)C)CN1C(=O)[C@@H](NC(=O)OCC(C)C)C1CCCCC1)C(=O)C(=O)NCC(=O)NC(C(=O)NC)c1ccccc1. The molecule has 6 amide bonds. The minimum absolute atomic E-state index is 0.0961. The van der Waals surface area contributed by atoms with E-state index >= 15 is 0 Å². The van der Waals surface area contributed by atoms with Gasteiger partial charge in [-0.1, -0.05) is 97.6 Å². The summed E-state index contributed by atoms with van der Waals surface area (Å²) in [7, 11) is 1.44. The molecule has 300 valence electrons.